The van der Waals surface area contributed by atoms with Gasteiger partial charge in [0.05, 0.1) is 29.3 Å². The Morgan fingerprint density at radius 1 is 1.18 bits per heavy atom. The molecule has 1 aliphatic heterocycles. The summed E-state index contributed by atoms with van der Waals surface area (Å²) in [6, 6.07) is 6.06. The molecular weight excluding hydrogens is 449 g/mol. The second-order valence-electron chi connectivity index (χ2n) is 8.28. The maximum absolute atomic E-state index is 12.9. The smallest absolute Gasteiger partial charge is 0.368 e. The summed E-state index contributed by atoms with van der Waals surface area (Å²) < 4.78 is 40.3. The van der Waals surface area contributed by atoms with Gasteiger partial charge in [-0.05, 0) is 42.7 Å². The highest BCUT2D eigenvalue weighted by atomic mass is 19.4. The second kappa shape index (κ2) is 8.81. The molecule has 1 aromatic carbocycles. The van der Waals surface area contributed by atoms with Gasteiger partial charge in [-0.15, -0.1) is 0 Å². The van der Waals surface area contributed by atoms with E-state index in [1.807, 2.05) is 17.9 Å². The lowest BCUT2D eigenvalue weighted by Gasteiger charge is -2.19. The molecule has 3 heterocycles. The summed E-state index contributed by atoms with van der Waals surface area (Å²) in [7, 11) is 1.66. The number of hydrogen-bond acceptors (Lipinski definition) is 5. The fourth-order valence-electron chi connectivity index (χ4n) is 4.26. The molecule has 0 bridgehead atoms. The standard InChI is InChI=1S/C23H23F3N6O2/c1-13-3-4-14(22(34)30-17-8-16(9-28-10-17)23(24,25)26)7-18(13)15-5-6-32(12-15)19-11-29-31(2)20(19)21(27)33/h3-4,7-11,15H,5-6,12H2,1-2H3,(H2,27,33)(H,30,34)/t15-/m1/s1. The Kier molecular flexibility index (Phi) is 6.03. The number of amides is 2. The van der Waals surface area contributed by atoms with Gasteiger partial charge in [0.2, 0.25) is 0 Å². The lowest BCUT2D eigenvalue weighted by Crippen LogP contribution is -2.24. The Morgan fingerprint density at radius 3 is 2.65 bits per heavy atom. The van der Waals surface area contributed by atoms with Crippen LogP contribution < -0.4 is 16.0 Å². The average Bonchev–Trinajstić information content (AvgIpc) is 3.40. The van der Waals surface area contributed by atoms with Crippen molar-refractivity contribution in [1.29, 1.82) is 0 Å². The van der Waals surface area contributed by atoms with E-state index in [2.05, 4.69) is 15.4 Å². The van der Waals surface area contributed by atoms with Gasteiger partial charge in [-0.2, -0.15) is 18.3 Å². The van der Waals surface area contributed by atoms with Crippen molar-refractivity contribution < 1.29 is 22.8 Å². The maximum atomic E-state index is 12.9. The normalized spacial score (nSPS) is 16.0. The third-order valence-corrected chi connectivity index (χ3v) is 5.99. The molecule has 1 aliphatic rings. The number of benzene rings is 1. The van der Waals surface area contributed by atoms with Gasteiger partial charge >= 0.3 is 6.18 Å². The SMILES string of the molecule is Cc1ccc(C(=O)Nc2cncc(C(F)(F)F)c2)cc1[C@@H]1CCN(c2cnn(C)c2C(N)=O)C1. The van der Waals surface area contributed by atoms with E-state index in [4.69, 9.17) is 5.73 Å². The molecule has 0 unspecified atom stereocenters. The third-order valence-electron chi connectivity index (χ3n) is 5.99. The number of halogens is 3. The average molecular weight is 472 g/mol. The van der Waals surface area contributed by atoms with Crippen LogP contribution in [0.25, 0.3) is 0 Å². The van der Waals surface area contributed by atoms with Crippen molar-refractivity contribution in [3.05, 3.63) is 70.8 Å². The molecule has 8 nitrogen and oxygen atoms in total. The van der Waals surface area contributed by atoms with E-state index in [1.54, 1.807) is 25.4 Å². The van der Waals surface area contributed by atoms with Gasteiger partial charge in [0, 0.05) is 37.8 Å². The Balaban J connectivity index is 1.53. The van der Waals surface area contributed by atoms with Crippen LogP contribution in [0.3, 0.4) is 0 Å². The minimum atomic E-state index is -4.55. The number of carbonyl (C=O) groups is 2. The number of primary amides is 1. The Labute approximate surface area is 193 Å². The molecule has 2 aromatic heterocycles. The number of aryl methyl sites for hydroxylation is 2. The molecular formula is C23H23F3N6O2. The molecule has 3 aromatic rings. The predicted octanol–water partition coefficient (Wildman–Crippen LogP) is 3.49. The number of nitrogens with zero attached hydrogens (tertiary/aromatic N) is 4. The van der Waals surface area contributed by atoms with Gasteiger partial charge in [-0.3, -0.25) is 19.3 Å². The highest BCUT2D eigenvalue weighted by molar-refractivity contribution is 6.04. The summed E-state index contributed by atoms with van der Waals surface area (Å²) in [5.74, 6) is -0.998. The van der Waals surface area contributed by atoms with Gasteiger partial charge < -0.3 is 16.0 Å². The lowest BCUT2D eigenvalue weighted by atomic mass is 9.92. The quantitative estimate of drug-likeness (QED) is 0.591. The third kappa shape index (κ3) is 4.59. The molecule has 0 saturated carbocycles. The number of carbonyl (C=O) groups excluding carboxylic acids is 2. The first-order valence-corrected chi connectivity index (χ1v) is 10.6. The molecule has 1 saturated heterocycles. The Morgan fingerprint density at radius 2 is 1.94 bits per heavy atom. The van der Waals surface area contributed by atoms with Crippen LogP contribution >= 0.6 is 0 Å². The van der Waals surface area contributed by atoms with Crippen molar-refractivity contribution in [2.75, 3.05) is 23.3 Å². The zero-order chi connectivity index (χ0) is 24.6. The summed E-state index contributed by atoms with van der Waals surface area (Å²) in [5, 5.41) is 6.63. The number of nitrogens with one attached hydrogen (secondary N) is 1. The number of alkyl halides is 3. The van der Waals surface area contributed by atoms with Crippen LogP contribution in [0.1, 0.15) is 49.9 Å². The van der Waals surface area contributed by atoms with Crippen LogP contribution in [0.5, 0.6) is 0 Å². The summed E-state index contributed by atoms with van der Waals surface area (Å²) in [4.78, 5) is 30.2. The number of anilines is 2. The van der Waals surface area contributed by atoms with Crippen LogP contribution in [0, 0.1) is 6.92 Å². The van der Waals surface area contributed by atoms with Gasteiger partial charge in [0.25, 0.3) is 11.8 Å². The number of pyridine rings is 1. The highest BCUT2D eigenvalue weighted by Crippen LogP contribution is 2.34. The minimum Gasteiger partial charge on any atom is -0.368 e. The van der Waals surface area contributed by atoms with E-state index in [9.17, 15) is 22.8 Å². The zero-order valence-electron chi connectivity index (χ0n) is 18.6. The van der Waals surface area contributed by atoms with Crippen LogP contribution in [0.2, 0.25) is 0 Å². The molecule has 4 rings (SSSR count). The summed E-state index contributed by atoms with van der Waals surface area (Å²) in [6.45, 7) is 3.23. The molecule has 3 N–H and O–H groups in total. The van der Waals surface area contributed by atoms with Gasteiger partial charge in [0.15, 0.2) is 0 Å². The van der Waals surface area contributed by atoms with Crippen molar-refractivity contribution in [2.45, 2.75) is 25.4 Å². The van der Waals surface area contributed by atoms with Crippen molar-refractivity contribution in [1.82, 2.24) is 14.8 Å². The zero-order valence-corrected chi connectivity index (χ0v) is 18.6. The first-order valence-electron chi connectivity index (χ1n) is 10.6. The number of rotatable bonds is 5. The molecule has 0 radical (unpaired) electrons. The molecule has 34 heavy (non-hydrogen) atoms. The van der Waals surface area contributed by atoms with Crippen LogP contribution in [0.15, 0.2) is 42.9 Å². The van der Waals surface area contributed by atoms with E-state index in [1.165, 1.54) is 10.9 Å². The van der Waals surface area contributed by atoms with Crippen molar-refractivity contribution in [2.24, 2.45) is 12.8 Å². The fourth-order valence-corrected chi connectivity index (χ4v) is 4.26. The van der Waals surface area contributed by atoms with E-state index in [0.717, 1.165) is 23.6 Å². The first kappa shape index (κ1) is 23.3. The van der Waals surface area contributed by atoms with Crippen molar-refractivity contribution in [3.63, 3.8) is 0 Å². The van der Waals surface area contributed by atoms with Gasteiger partial charge in [0.1, 0.15) is 5.69 Å². The minimum absolute atomic E-state index is 0.0375. The van der Waals surface area contributed by atoms with Gasteiger partial charge in [-0.25, -0.2) is 0 Å². The monoisotopic (exact) mass is 472 g/mol. The predicted molar refractivity (Wildman–Crippen MR) is 120 cm³/mol. The molecule has 178 valence electrons. The van der Waals surface area contributed by atoms with Crippen molar-refractivity contribution in [3.8, 4) is 0 Å². The fraction of sp³-hybridized carbons (Fsp3) is 0.304. The van der Waals surface area contributed by atoms with Gasteiger partial charge in [-0.1, -0.05) is 6.07 Å². The molecule has 0 spiro atoms. The number of hydrogen-bond donors (Lipinski definition) is 2. The maximum Gasteiger partial charge on any atom is 0.417 e. The van der Waals surface area contributed by atoms with E-state index in [0.29, 0.717) is 36.2 Å². The Bertz CT molecular complexity index is 1250. The van der Waals surface area contributed by atoms with E-state index in [-0.39, 0.29) is 11.6 Å². The molecule has 2 amide bonds. The summed E-state index contributed by atoms with van der Waals surface area (Å²) >= 11 is 0. The van der Waals surface area contributed by atoms with Crippen LogP contribution in [-0.2, 0) is 13.2 Å². The molecule has 0 aliphatic carbocycles. The van der Waals surface area contributed by atoms with E-state index >= 15 is 0 Å². The van der Waals surface area contributed by atoms with Crippen LogP contribution in [0.4, 0.5) is 24.5 Å². The lowest BCUT2D eigenvalue weighted by molar-refractivity contribution is -0.137. The van der Waals surface area contributed by atoms with Crippen LogP contribution in [-0.4, -0.2) is 39.7 Å². The van der Waals surface area contributed by atoms with E-state index < -0.39 is 23.6 Å². The summed E-state index contributed by atoms with van der Waals surface area (Å²) in [6.07, 6.45) is -0.278. The largest absolute Gasteiger partial charge is 0.417 e. The Hall–Kier alpha value is -3.89. The highest BCUT2D eigenvalue weighted by Gasteiger charge is 2.32. The number of nitrogens with two attached hydrogens (primary N) is 1. The topological polar surface area (TPSA) is 106 Å². The second-order valence-corrected chi connectivity index (χ2v) is 8.28. The number of aromatic nitrogens is 3. The molecule has 1 fully saturated rings. The first-order chi connectivity index (χ1) is 16.0. The summed E-state index contributed by atoms with van der Waals surface area (Å²) in [5.41, 5.74) is 7.82. The molecule has 1 atom stereocenters. The molecule has 11 heteroatoms. The van der Waals surface area contributed by atoms with Crippen molar-refractivity contribution >= 4 is 23.2 Å².